The number of nitrogens with one attached hydrogen (secondary N) is 3. The van der Waals surface area contributed by atoms with Crippen LogP contribution in [0.3, 0.4) is 0 Å². The van der Waals surface area contributed by atoms with Gasteiger partial charge in [-0.25, -0.2) is 9.78 Å². The molecule has 0 saturated carbocycles. The molecular formula is C11H16AlN4O4. The standard InChI is InChI=1S/C11H16N4O4.Al/c1-7(16)13-3-2-10(17)15-9(11(18)19)4-8-5-12-6-14-8;/h5-6,9H,2-4H2,1H3,(H,12,14)(H,13,16)(H,15,17)(H,18,19);. The maximum absolute atomic E-state index is 11.5. The van der Waals surface area contributed by atoms with Crippen LogP contribution in [0.4, 0.5) is 0 Å². The molecule has 1 atom stereocenters. The number of carboxylic acid groups (broad SMARTS) is 1. The number of carbonyl (C=O) groups excluding carboxylic acids is 2. The van der Waals surface area contributed by atoms with Crippen LogP contribution in [0.5, 0.6) is 0 Å². The Morgan fingerprint density at radius 1 is 1.45 bits per heavy atom. The molecule has 1 rings (SSSR count). The number of aromatic nitrogens is 2. The summed E-state index contributed by atoms with van der Waals surface area (Å²) in [6.07, 6.45) is 3.10. The van der Waals surface area contributed by atoms with Crippen LogP contribution in [0.15, 0.2) is 12.5 Å². The highest BCUT2D eigenvalue weighted by atomic mass is 27.0. The third-order valence-electron chi connectivity index (χ3n) is 2.34. The second-order valence-corrected chi connectivity index (χ2v) is 3.97. The van der Waals surface area contributed by atoms with E-state index in [1.165, 1.54) is 19.4 Å². The Kier molecular flexibility index (Phi) is 8.28. The minimum Gasteiger partial charge on any atom is -0.480 e. The number of aromatic amines is 1. The summed E-state index contributed by atoms with van der Waals surface area (Å²) in [5.74, 6) is -1.79. The number of amides is 2. The number of rotatable bonds is 7. The van der Waals surface area contributed by atoms with Gasteiger partial charge in [-0.1, -0.05) is 0 Å². The monoisotopic (exact) mass is 295 g/mol. The van der Waals surface area contributed by atoms with E-state index in [2.05, 4.69) is 20.6 Å². The Hall–Kier alpha value is -1.85. The van der Waals surface area contributed by atoms with Crippen molar-refractivity contribution < 1.29 is 19.5 Å². The van der Waals surface area contributed by atoms with Gasteiger partial charge in [-0.05, 0) is 0 Å². The van der Waals surface area contributed by atoms with Crippen molar-refractivity contribution in [1.82, 2.24) is 20.6 Å². The molecule has 2 amide bonds. The lowest BCUT2D eigenvalue weighted by Gasteiger charge is -2.13. The molecule has 1 aromatic rings. The number of H-pyrrole nitrogens is 1. The van der Waals surface area contributed by atoms with Crippen molar-refractivity contribution in [3.05, 3.63) is 18.2 Å². The first-order chi connectivity index (χ1) is 8.99. The molecule has 0 saturated heterocycles. The smallest absolute Gasteiger partial charge is 0.326 e. The van der Waals surface area contributed by atoms with E-state index in [1.54, 1.807) is 0 Å². The first kappa shape index (κ1) is 18.2. The van der Waals surface area contributed by atoms with E-state index in [4.69, 9.17) is 5.11 Å². The van der Waals surface area contributed by atoms with Crippen LogP contribution in [-0.2, 0) is 20.8 Å². The number of carbonyl (C=O) groups is 3. The van der Waals surface area contributed by atoms with Gasteiger partial charge in [-0.3, -0.25) is 9.59 Å². The number of hydrogen-bond acceptors (Lipinski definition) is 4. The molecule has 1 aromatic heterocycles. The van der Waals surface area contributed by atoms with E-state index in [0.717, 1.165) is 0 Å². The number of hydrogen-bond donors (Lipinski definition) is 4. The van der Waals surface area contributed by atoms with Gasteiger partial charge in [0.2, 0.25) is 11.8 Å². The van der Waals surface area contributed by atoms with E-state index in [1.807, 2.05) is 0 Å². The maximum atomic E-state index is 11.5. The summed E-state index contributed by atoms with van der Waals surface area (Å²) in [6.45, 7) is 1.52. The zero-order valence-electron chi connectivity index (χ0n) is 11.0. The molecule has 20 heavy (non-hydrogen) atoms. The third kappa shape index (κ3) is 6.92. The van der Waals surface area contributed by atoms with Crippen LogP contribution in [0.1, 0.15) is 19.0 Å². The Morgan fingerprint density at radius 3 is 2.65 bits per heavy atom. The number of aliphatic carboxylic acids is 1. The normalized spacial score (nSPS) is 11.1. The fourth-order valence-electron chi connectivity index (χ4n) is 1.43. The van der Waals surface area contributed by atoms with Gasteiger partial charge in [0, 0.05) is 55.6 Å². The van der Waals surface area contributed by atoms with E-state index in [9.17, 15) is 14.4 Å². The molecule has 1 unspecified atom stereocenters. The summed E-state index contributed by atoms with van der Waals surface area (Å²) in [5, 5.41) is 13.9. The second-order valence-electron chi connectivity index (χ2n) is 3.97. The van der Waals surface area contributed by atoms with Crippen LogP contribution in [0.25, 0.3) is 0 Å². The van der Waals surface area contributed by atoms with Gasteiger partial charge in [0.15, 0.2) is 0 Å². The van der Waals surface area contributed by atoms with Gasteiger partial charge in [0.1, 0.15) is 6.04 Å². The highest BCUT2D eigenvalue weighted by Crippen LogP contribution is 1.99. The number of imidazole rings is 1. The van der Waals surface area contributed by atoms with Gasteiger partial charge < -0.3 is 20.7 Å². The molecule has 0 fully saturated rings. The molecule has 0 bridgehead atoms. The van der Waals surface area contributed by atoms with Gasteiger partial charge in [-0.2, -0.15) is 0 Å². The van der Waals surface area contributed by atoms with E-state index >= 15 is 0 Å². The van der Waals surface area contributed by atoms with Crippen molar-refractivity contribution in [2.24, 2.45) is 0 Å². The van der Waals surface area contributed by atoms with Crippen molar-refractivity contribution >= 4 is 35.1 Å². The number of nitrogens with zero attached hydrogens (tertiary/aromatic N) is 1. The quantitative estimate of drug-likeness (QED) is 0.464. The lowest BCUT2D eigenvalue weighted by atomic mass is 10.1. The Bertz CT molecular complexity index is 449. The SMILES string of the molecule is CC(=O)NCCC(=O)NC(Cc1cnc[nH]1)C(=O)O.[Al]. The largest absolute Gasteiger partial charge is 0.480 e. The molecule has 1 heterocycles. The zero-order valence-corrected chi connectivity index (χ0v) is 12.2. The van der Waals surface area contributed by atoms with Crippen LogP contribution in [-0.4, -0.2) is 62.8 Å². The van der Waals surface area contributed by atoms with Crippen molar-refractivity contribution in [3.8, 4) is 0 Å². The molecule has 3 radical (unpaired) electrons. The molecule has 0 aliphatic carbocycles. The summed E-state index contributed by atoms with van der Waals surface area (Å²) in [4.78, 5) is 39.7. The predicted molar refractivity (Wildman–Crippen MR) is 70.9 cm³/mol. The summed E-state index contributed by atoms with van der Waals surface area (Å²) in [6, 6.07) is -1.02. The average molecular weight is 295 g/mol. The van der Waals surface area contributed by atoms with Crippen molar-refractivity contribution in [2.45, 2.75) is 25.8 Å². The lowest BCUT2D eigenvalue weighted by Crippen LogP contribution is -2.43. The van der Waals surface area contributed by atoms with Crippen LogP contribution in [0, 0.1) is 0 Å². The Labute approximate surface area is 126 Å². The molecule has 0 spiro atoms. The minimum atomic E-state index is -1.12. The highest BCUT2D eigenvalue weighted by molar-refractivity contribution is 5.84. The summed E-state index contributed by atoms with van der Waals surface area (Å²) in [7, 11) is 0. The lowest BCUT2D eigenvalue weighted by molar-refractivity contribution is -0.141. The average Bonchev–Trinajstić information content (AvgIpc) is 2.80. The Balaban J connectivity index is 0.00000361. The molecule has 4 N–H and O–H groups in total. The summed E-state index contributed by atoms with van der Waals surface area (Å²) in [5.41, 5.74) is 0.620. The molecule has 8 nitrogen and oxygen atoms in total. The minimum absolute atomic E-state index is 0. The van der Waals surface area contributed by atoms with Crippen LogP contribution < -0.4 is 10.6 Å². The van der Waals surface area contributed by atoms with Gasteiger partial charge in [-0.15, -0.1) is 0 Å². The first-order valence-electron chi connectivity index (χ1n) is 5.73. The van der Waals surface area contributed by atoms with Crippen LogP contribution >= 0.6 is 0 Å². The molecular weight excluding hydrogens is 279 g/mol. The van der Waals surface area contributed by atoms with Crippen molar-refractivity contribution in [3.63, 3.8) is 0 Å². The predicted octanol–water partition coefficient (Wildman–Crippen LogP) is -1.33. The Morgan fingerprint density at radius 2 is 2.15 bits per heavy atom. The fourth-order valence-corrected chi connectivity index (χ4v) is 1.43. The second kappa shape index (κ2) is 9.12. The van der Waals surface area contributed by atoms with E-state index in [0.29, 0.717) is 5.69 Å². The molecule has 0 aliphatic rings. The number of carboxylic acids is 1. The van der Waals surface area contributed by atoms with Crippen molar-refractivity contribution in [1.29, 1.82) is 0 Å². The molecule has 9 heteroatoms. The third-order valence-corrected chi connectivity index (χ3v) is 2.34. The van der Waals surface area contributed by atoms with Crippen LogP contribution in [0.2, 0.25) is 0 Å². The molecule has 107 valence electrons. The van der Waals surface area contributed by atoms with Gasteiger partial charge in [0.05, 0.1) is 6.33 Å². The van der Waals surface area contributed by atoms with Crippen molar-refractivity contribution in [2.75, 3.05) is 6.54 Å². The topological polar surface area (TPSA) is 124 Å². The molecule has 0 aliphatic heterocycles. The van der Waals surface area contributed by atoms with E-state index in [-0.39, 0.29) is 42.7 Å². The fraction of sp³-hybridized carbons (Fsp3) is 0.455. The molecule has 0 aromatic carbocycles. The zero-order chi connectivity index (χ0) is 14.3. The first-order valence-corrected chi connectivity index (χ1v) is 5.73. The maximum Gasteiger partial charge on any atom is 0.326 e. The van der Waals surface area contributed by atoms with Gasteiger partial charge in [0.25, 0.3) is 0 Å². The van der Waals surface area contributed by atoms with Gasteiger partial charge >= 0.3 is 5.97 Å². The summed E-state index contributed by atoms with van der Waals surface area (Å²) >= 11 is 0. The summed E-state index contributed by atoms with van der Waals surface area (Å²) < 4.78 is 0. The highest BCUT2D eigenvalue weighted by Gasteiger charge is 2.20. The van der Waals surface area contributed by atoms with E-state index < -0.39 is 17.9 Å².